The summed E-state index contributed by atoms with van der Waals surface area (Å²) < 4.78 is 0. The molecule has 0 aromatic rings. The molecule has 0 heterocycles. The summed E-state index contributed by atoms with van der Waals surface area (Å²) in [5, 5.41) is 0.731. The summed E-state index contributed by atoms with van der Waals surface area (Å²) >= 11 is 4.78. The van der Waals surface area contributed by atoms with Crippen LogP contribution in [0, 0.1) is 0 Å². The standard InChI is InChI=1S/C5H9.Cu/c1-4-5(2)3;/h4H,1H2,2-3H3;. The van der Waals surface area contributed by atoms with Crippen molar-refractivity contribution >= 4 is 0 Å². The van der Waals surface area contributed by atoms with Gasteiger partial charge in [0.15, 0.2) is 0 Å². The Labute approximate surface area is 47.4 Å². The van der Waals surface area contributed by atoms with Crippen molar-refractivity contribution in [1.82, 2.24) is 0 Å². The van der Waals surface area contributed by atoms with Crippen molar-refractivity contribution in [1.29, 1.82) is 0 Å². The predicted molar refractivity (Wildman–Crippen MR) is 24.2 cm³/mol. The van der Waals surface area contributed by atoms with E-state index in [1.54, 1.807) is 0 Å². The summed E-state index contributed by atoms with van der Waals surface area (Å²) in [6.45, 7) is 4.09. The van der Waals surface area contributed by atoms with Crippen LogP contribution in [0.4, 0.5) is 0 Å². The third kappa shape index (κ3) is 4.26. The molecule has 0 aromatic heterocycles. The zero-order valence-corrected chi connectivity index (χ0v) is 5.03. The predicted octanol–water partition coefficient (Wildman–Crippen LogP) is 1.92. The van der Waals surface area contributed by atoms with Gasteiger partial charge in [0, 0.05) is 0 Å². The molecule has 0 atom stereocenters. The molecule has 0 spiro atoms. The normalized spacial score (nSPS) is 8.00. The van der Waals surface area contributed by atoms with Gasteiger partial charge in [0.25, 0.3) is 0 Å². The van der Waals surface area contributed by atoms with E-state index < -0.39 is 0 Å². The van der Waals surface area contributed by atoms with Crippen molar-refractivity contribution in [2.75, 3.05) is 0 Å². The Morgan fingerprint density at radius 2 is 2.17 bits per heavy atom. The fourth-order valence-corrected chi connectivity index (χ4v) is 0.508. The van der Waals surface area contributed by atoms with Crippen molar-refractivity contribution in [3.8, 4) is 0 Å². The van der Waals surface area contributed by atoms with Crippen LogP contribution in [0.5, 0.6) is 0 Å². The first-order valence-corrected chi connectivity index (χ1v) is 2.58. The Hall–Kier alpha value is 0.259. The van der Waals surface area contributed by atoms with Crippen LogP contribution in [0.2, 0.25) is 5.32 Å². The van der Waals surface area contributed by atoms with Gasteiger partial charge in [-0.1, -0.05) is 0 Å². The molecule has 0 bridgehead atoms. The maximum atomic E-state index is 4.78. The topological polar surface area (TPSA) is 0 Å². The van der Waals surface area contributed by atoms with Gasteiger partial charge in [-0.05, 0) is 0 Å². The van der Waals surface area contributed by atoms with Gasteiger partial charge >= 0.3 is 46.8 Å². The molecule has 0 unspecified atom stereocenters. The number of allylic oxidation sites excluding steroid dienone is 2. The molecule has 40 valence electrons. The Balaban J connectivity index is 3.14. The second-order valence-corrected chi connectivity index (χ2v) is 1.79. The number of rotatable bonds is 1. The van der Waals surface area contributed by atoms with Crippen LogP contribution in [0.3, 0.4) is 0 Å². The molecule has 1 heteroatoms. The van der Waals surface area contributed by atoms with E-state index in [4.69, 9.17) is 16.0 Å². The van der Waals surface area contributed by atoms with E-state index in [9.17, 15) is 0 Å². The molecule has 0 nitrogen and oxygen atoms in total. The van der Waals surface area contributed by atoms with Gasteiger partial charge in [0.05, 0.1) is 0 Å². The Bertz CT molecular complexity index is 51.0. The molecule has 0 fully saturated rings. The zero-order chi connectivity index (χ0) is 4.99. The van der Waals surface area contributed by atoms with Crippen molar-refractivity contribution in [3.05, 3.63) is 11.6 Å². The van der Waals surface area contributed by atoms with Gasteiger partial charge < -0.3 is 0 Å². The average molecular weight is 133 g/mol. The van der Waals surface area contributed by atoms with E-state index in [0.29, 0.717) is 0 Å². The van der Waals surface area contributed by atoms with Crippen LogP contribution >= 0.6 is 0 Å². The summed E-state index contributed by atoms with van der Waals surface area (Å²) in [6.07, 6.45) is 2.01. The molecule has 0 saturated heterocycles. The molecule has 0 aliphatic carbocycles. The molecule has 0 amide bonds. The van der Waals surface area contributed by atoms with E-state index in [2.05, 4.69) is 0 Å². The minimum atomic E-state index is 0.731. The van der Waals surface area contributed by atoms with E-state index in [-0.39, 0.29) is 0 Å². The van der Waals surface area contributed by atoms with Gasteiger partial charge in [-0.3, -0.25) is 0 Å². The van der Waals surface area contributed by atoms with Gasteiger partial charge in [-0.2, -0.15) is 0 Å². The quantitative estimate of drug-likeness (QED) is 0.378. The fourth-order valence-electron chi connectivity index (χ4n) is 0.123. The van der Waals surface area contributed by atoms with Crippen molar-refractivity contribution in [2.24, 2.45) is 0 Å². The summed E-state index contributed by atoms with van der Waals surface area (Å²) in [6, 6.07) is 0. The second kappa shape index (κ2) is 3.45. The molecule has 0 aliphatic rings. The molecule has 0 saturated carbocycles. The first kappa shape index (κ1) is 6.26. The summed E-state index contributed by atoms with van der Waals surface area (Å²) in [5.41, 5.74) is 1.30. The van der Waals surface area contributed by atoms with Crippen LogP contribution in [-0.2, 0) is 16.0 Å². The summed E-state index contributed by atoms with van der Waals surface area (Å²) in [7, 11) is 0. The third-order valence-electron chi connectivity index (χ3n) is 0.470. The van der Waals surface area contributed by atoms with E-state index in [1.165, 1.54) is 5.57 Å². The van der Waals surface area contributed by atoms with Crippen LogP contribution < -0.4 is 0 Å². The van der Waals surface area contributed by atoms with Crippen molar-refractivity contribution in [2.45, 2.75) is 19.2 Å². The van der Waals surface area contributed by atoms with Crippen LogP contribution in [0.15, 0.2) is 11.6 Å². The summed E-state index contributed by atoms with van der Waals surface area (Å²) in [5.74, 6) is 0. The van der Waals surface area contributed by atoms with Gasteiger partial charge in [0.2, 0.25) is 0 Å². The first-order chi connectivity index (χ1) is 2.77. The van der Waals surface area contributed by atoms with E-state index >= 15 is 0 Å². The third-order valence-corrected chi connectivity index (χ3v) is 0.662. The van der Waals surface area contributed by atoms with Crippen molar-refractivity contribution < 1.29 is 16.0 Å². The number of hydrogen-bond acceptors (Lipinski definition) is 0. The molecule has 0 aliphatic heterocycles. The summed E-state index contributed by atoms with van der Waals surface area (Å²) in [4.78, 5) is 0. The average Bonchev–Trinajstić information content (AvgIpc) is 1.35. The molecule has 0 radical (unpaired) electrons. The monoisotopic (exact) mass is 132 g/mol. The Kier molecular flexibility index (Phi) is 3.60. The van der Waals surface area contributed by atoms with Crippen molar-refractivity contribution in [3.63, 3.8) is 0 Å². The molecule has 0 rings (SSSR count). The van der Waals surface area contributed by atoms with Gasteiger partial charge in [-0.15, -0.1) is 0 Å². The van der Waals surface area contributed by atoms with E-state index in [1.807, 2.05) is 19.9 Å². The maximum absolute atomic E-state index is 4.78. The second-order valence-electron chi connectivity index (χ2n) is 1.40. The molecular weight excluding hydrogens is 124 g/mol. The molecular formula is C5H9Cu. The van der Waals surface area contributed by atoms with Crippen LogP contribution in [-0.4, -0.2) is 0 Å². The SMILES string of the molecule is CC(C)=C[CH2][Cu]. The Morgan fingerprint density at radius 3 is 2.17 bits per heavy atom. The van der Waals surface area contributed by atoms with Gasteiger partial charge in [-0.25, -0.2) is 0 Å². The Morgan fingerprint density at radius 1 is 1.67 bits per heavy atom. The molecule has 0 aromatic carbocycles. The van der Waals surface area contributed by atoms with Crippen LogP contribution in [0.1, 0.15) is 13.8 Å². The molecule has 6 heavy (non-hydrogen) atoms. The van der Waals surface area contributed by atoms with E-state index in [0.717, 1.165) is 5.32 Å². The van der Waals surface area contributed by atoms with Gasteiger partial charge in [0.1, 0.15) is 0 Å². The van der Waals surface area contributed by atoms with Crippen LogP contribution in [0.25, 0.3) is 0 Å². The fraction of sp³-hybridized carbons (Fsp3) is 0.600. The number of hydrogen-bond donors (Lipinski definition) is 0. The first-order valence-electron chi connectivity index (χ1n) is 1.91. The molecule has 0 N–H and O–H groups in total. The minimum absolute atomic E-state index is 0.731. The zero-order valence-electron chi connectivity index (χ0n) is 4.09.